The third-order valence-electron chi connectivity index (χ3n) is 4.02. The van der Waals surface area contributed by atoms with Gasteiger partial charge in [0.25, 0.3) is 0 Å². The van der Waals surface area contributed by atoms with Crippen molar-refractivity contribution < 1.29 is 0 Å². The first kappa shape index (κ1) is 10.8. The fourth-order valence-electron chi connectivity index (χ4n) is 2.87. The zero-order chi connectivity index (χ0) is 12.0. The van der Waals surface area contributed by atoms with Crippen LogP contribution in [0.3, 0.4) is 0 Å². The number of aryl methyl sites for hydroxylation is 2. The first-order valence-corrected chi connectivity index (χ1v) is 6.56. The summed E-state index contributed by atoms with van der Waals surface area (Å²) in [6.07, 6.45) is 3.78. The van der Waals surface area contributed by atoms with Crippen LogP contribution < -0.4 is 5.73 Å². The van der Waals surface area contributed by atoms with Gasteiger partial charge in [0.1, 0.15) is 0 Å². The second-order valence-corrected chi connectivity index (χ2v) is 5.10. The van der Waals surface area contributed by atoms with E-state index in [4.69, 9.17) is 5.73 Å². The highest BCUT2D eigenvalue weighted by molar-refractivity contribution is 5.87. The van der Waals surface area contributed by atoms with Crippen LogP contribution in [-0.2, 0) is 20.0 Å². The van der Waals surface area contributed by atoms with Gasteiger partial charge in [-0.2, -0.15) is 0 Å². The van der Waals surface area contributed by atoms with Crippen molar-refractivity contribution in [1.29, 1.82) is 0 Å². The van der Waals surface area contributed by atoms with Gasteiger partial charge in [0.05, 0.1) is 0 Å². The normalized spacial score (nSPS) is 15.7. The third-order valence-corrected chi connectivity index (χ3v) is 4.02. The smallest absolute Gasteiger partial charge is 0.0483 e. The molecule has 1 aromatic carbocycles. The van der Waals surface area contributed by atoms with E-state index in [-0.39, 0.29) is 0 Å². The summed E-state index contributed by atoms with van der Waals surface area (Å²) in [4.78, 5) is 0. The average Bonchev–Trinajstić information content (AvgIpc) is 3.15. The molecule has 0 amide bonds. The maximum absolute atomic E-state index is 5.93. The number of hydrogen-bond acceptors (Lipinski definition) is 1. The van der Waals surface area contributed by atoms with Gasteiger partial charge >= 0.3 is 0 Å². The number of nitrogens with two attached hydrogens (primary N) is 1. The van der Waals surface area contributed by atoms with Gasteiger partial charge in [-0.05, 0) is 48.4 Å². The Bertz CT molecular complexity index is 562. The predicted molar refractivity (Wildman–Crippen MR) is 72.2 cm³/mol. The lowest BCUT2D eigenvalue weighted by atomic mass is 10.0. The van der Waals surface area contributed by atoms with Crippen LogP contribution in [0.5, 0.6) is 0 Å². The lowest BCUT2D eigenvalue weighted by Crippen LogP contribution is -2.05. The molecule has 1 aliphatic carbocycles. The molecule has 0 unspecified atom stereocenters. The van der Waals surface area contributed by atoms with Gasteiger partial charge in [0.2, 0.25) is 0 Å². The largest absolute Gasteiger partial charge is 0.346 e. The maximum atomic E-state index is 5.93. The molecule has 0 saturated heterocycles. The highest BCUT2D eigenvalue weighted by Crippen LogP contribution is 2.46. The second kappa shape index (κ2) is 3.88. The molecule has 0 radical (unpaired) electrons. The van der Waals surface area contributed by atoms with E-state index >= 15 is 0 Å². The fraction of sp³-hybridized carbons (Fsp3) is 0.467. The summed E-state index contributed by atoms with van der Waals surface area (Å²) in [6.45, 7) is 2.86. The Hall–Kier alpha value is -1.28. The highest BCUT2D eigenvalue weighted by Gasteiger charge is 2.30. The van der Waals surface area contributed by atoms with Crippen molar-refractivity contribution in [3.8, 4) is 0 Å². The van der Waals surface area contributed by atoms with Crippen LogP contribution in [0.25, 0.3) is 10.9 Å². The Morgan fingerprint density at radius 1 is 1.35 bits per heavy atom. The van der Waals surface area contributed by atoms with Gasteiger partial charge in [0, 0.05) is 30.2 Å². The van der Waals surface area contributed by atoms with Crippen molar-refractivity contribution in [1.82, 2.24) is 4.57 Å². The molecule has 17 heavy (non-hydrogen) atoms. The fourth-order valence-corrected chi connectivity index (χ4v) is 2.87. The summed E-state index contributed by atoms with van der Waals surface area (Å²) in [7, 11) is 2.14. The number of benzene rings is 1. The van der Waals surface area contributed by atoms with Crippen molar-refractivity contribution in [3.05, 3.63) is 35.0 Å². The predicted octanol–water partition coefficient (Wildman–Crippen LogP) is 3.08. The number of hydrogen-bond donors (Lipinski definition) is 1. The zero-order valence-electron chi connectivity index (χ0n) is 10.7. The molecule has 1 aromatic heterocycles. The van der Waals surface area contributed by atoms with Crippen LogP contribution in [-0.4, -0.2) is 4.57 Å². The van der Waals surface area contributed by atoms with Crippen LogP contribution in [0.15, 0.2) is 18.2 Å². The summed E-state index contributed by atoms with van der Waals surface area (Å²) in [6, 6.07) is 6.85. The Balaban J connectivity index is 2.31. The van der Waals surface area contributed by atoms with E-state index in [1.165, 1.54) is 40.6 Å². The van der Waals surface area contributed by atoms with Crippen molar-refractivity contribution >= 4 is 10.9 Å². The molecular formula is C15H20N2. The minimum atomic E-state index is 0.651. The van der Waals surface area contributed by atoms with Crippen molar-refractivity contribution in [3.63, 3.8) is 0 Å². The minimum Gasteiger partial charge on any atom is -0.346 e. The standard InChI is InChI=1S/C15H20N2/c1-3-10-4-7-13-12(8-10)15(11-5-6-11)14(9-16)17(13)2/h4,7-8,11H,3,5-6,9,16H2,1-2H3. The molecule has 1 aliphatic rings. The van der Waals surface area contributed by atoms with Gasteiger partial charge in [-0.1, -0.05) is 13.0 Å². The molecule has 2 nitrogen and oxygen atoms in total. The lowest BCUT2D eigenvalue weighted by molar-refractivity contribution is 0.829. The van der Waals surface area contributed by atoms with Crippen LogP contribution in [0.4, 0.5) is 0 Å². The number of rotatable bonds is 3. The molecule has 0 spiro atoms. The summed E-state index contributed by atoms with van der Waals surface area (Å²) < 4.78 is 2.28. The van der Waals surface area contributed by atoms with Gasteiger partial charge in [0.15, 0.2) is 0 Å². The minimum absolute atomic E-state index is 0.651. The van der Waals surface area contributed by atoms with E-state index < -0.39 is 0 Å². The summed E-state index contributed by atoms with van der Waals surface area (Å²) in [5.41, 5.74) is 11.6. The molecule has 2 aromatic rings. The van der Waals surface area contributed by atoms with Crippen molar-refractivity contribution in [2.24, 2.45) is 12.8 Å². The molecule has 1 fully saturated rings. The van der Waals surface area contributed by atoms with E-state index in [2.05, 4.69) is 36.7 Å². The van der Waals surface area contributed by atoms with Crippen LogP contribution in [0.2, 0.25) is 0 Å². The number of fused-ring (bicyclic) bond motifs is 1. The molecule has 0 atom stereocenters. The quantitative estimate of drug-likeness (QED) is 0.860. The third kappa shape index (κ3) is 1.59. The van der Waals surface area contributed by atoms with E-state index in [0.29, 0.717) is 6.54 Å². The van der Waals surface area contributed by atoms with Gasteiger partial charge in [-0.15, -0.1) is 0 Å². The average molecular weight is 228 g/mol. The van der Waals surface area contributed by atoms with Gasteiger partial charge < -0.3 is 10.3 Å². The molecule has 1 heterocycles. The van der Waals surface area contributed by atoms with E-state index in [1.807, 2.05) is 0 Å². The maximum Gasteiger partial charge on any atom is 0.0483 e. The van der Waals surface area contributed by atoms with Gasteiger partial charge in [-0.25, -0.2) is 0 Å². The Morgan fingerprint density at radius 3 is 2.71 bits per heavy atom. The van der Waals surface area contributed by atoms with E-state index in [9.17, 15) is 0 Å². The monoisotopic (exact) mass is 228 g/mol. The van der Waals surface area contributed by atoms with Gasteiger partial charge in [-0.3, -0.25) is 0 Å². The Kier molecular flexibility index (Phi) is 2.48. The van der Waals surface area contributed by atoms with Crippen LogP contribution in [0.1, 0.15) is 42.5 Å². The summed E-state index contributed by atoms with van der Waals surface area (Å²) >= 11 is 0. The Morgan fingerprint density at radius 2 is 2.12 bits per heavy atom. The molecule has 2 N–H and O–H groups in total. The van der Waals surface area contributed by atoms with Crippen LogP contribution in [0, 0.1) is 0 Å². The van der Waals surface area contributed by atoms with Crippen molar-refractivity contribution in [2.45, 2.75) is 38.6 Å². The Labute approximate surface area is 102 Å². The topological polar surface area (TPSA) is 30.9 Å². The zero-order valence-corrected chi connectivity index (χ0v) is 10.7. The molecular weight excluding hydrogens is 208 g/mol. The lowest BCUT2D eigenvalue weighted by Gasteiger charge is -2.03. The molecule has 0 aliphatic heterocycles. The molecule has 2 heteroatoms. The SMILES string of the molecule is CCc1ccc2c(c1)c(C1CC1)c(CN)n2C. The number of nitrogens with zero attached hydrogens (tertiary/aromatic N) is 1. The van der Waals surface area contributed by atoms with E-state index in [1.54, 1.807) is 0 Å². The molecule has 0 bridgehead atoms. The number of aromatic nitrogens is 1. The molecule has 3 rings (SSSR count). The van der Waals surface area contributed by atoms with Crippen molar-refractivity contribution in [2.75, 3.05) is 0 Å². The molecule has 1 saturated carbocycles. The molecule has 90 valence electrons. The first-order valence-electron chi connectivity index (χ1n) is 6.56. The van der Waals surface area contributed by atoms with Crippen LogP contribution >= 0.6 is 0 Å². The summed E-state index contributed by atoms with van der Waals surface area (Å²) in [5.74, 6) is 0.768. The first-order chi connectivity index (χ1) is 8.26. The summed E-state index contributed by atoms with van der Waals surface area (Å²) in [5, 5.41) is 1.44. The second-order valence-electron chi connectivity index (χ2n) is 5.10. The highest BCUT2D eigenvalue weighted by atomic mass is 15.0. The van der Waals surface area contributed by atoms with E-state index in [0.717, 1.165) is 12.3 Å².